The molecule has 2 heterocycles. The number of fused-ring (bicyclic) bond motifs is 1. The molecule has 0 saturated heterocycles. The third-order valence-electron chi connectivity index (χ3n) is 3.24. The molecule has 0 aliphatic carbocycles. The van der Waals surface area contributed by atoms with Crippen LogP contribution in [-0.2, 0) is 0 Å². The fourth-order valence-corrected chi connectivity index (χ4v) is 2.32. The zero-order valence-electron chi connectivity index (χ0n) is 10.8. The molecule has 1 aliphatic rings. The normalized spacial score (nSPS) is 14.5. The van der Waals surface area contributed by atoms with Crippen molar-refractivity contribution in [3.63, 3.8) is 0 Å². The average molecular weight is 256 g/mol. The van der Waals surface area contributed by atoms with Crippen LogP contribution in [-0.4, -0.2) is 29.2 Å². The van der Waals surface area contributed by atoms with Crippen LogP contribution in [0.4, 0.5) is 11.4 Å². The van der Waals surface area contributed by atoms with Gasteiger partial charge in [-0.15, -0.1) is 0 Å². The van der Waals surface area contributed by atoms with Crippen molar-refractivity contribution in [2.24, 2.45) is 0 Å². The maximum Gasteiger partial charge on any atom is 0.278 e. The number of para-hydroxylation sites is 2. The molecule has 0 unspecified atom stereocenters. The summed E-state index contributed by atoms with van der Waals surface area (Å²) in [5.41, 5.74) is 3.28. The van der Waals surface area contributed by atoms with E-state index < -0.39 is 0 Å². The first-order valence-electron chi connectivity index (χ1n) is 6.42. The molecule has 0 spiro atoms. The molecule has 5 heteroatoms. The lowest BCUT2D eigenvalue weighted by atomic mass is 10.2. The number of aromatic amines is 1. The van der Waals surface area contributed by atoms with Crippen molar-refractivity contribution >= 4 is 17.3 Å². The molecule has 0 fully saturated rings. The Hall–Kier alpha value is -2.30. The van der Waals surface area contributed by atoms with E-state index in [1.807, 2.05) is 31.2 Å². The predicted molar refractivity (Wildman–Crippen MR) is 74.5 cm³/mol. The smallest absolute Gasteiger partial charge is 0.278 e. The maximum absolute atomic E-state index is 12.5. The Balaban J connectivity index is 1.98. The molecular weight excluding hydrogens is 240 g/mol. The molecule has 0 radical (unpaired) electrons. The topological polar surface area (TPSA) is 61.0 Å². The van der Waals surface area contributed by atoms with E-state index in [2.05, 4.69) is 15.5 Å². The SMILES string of the molecule is Cc1cc(C(=O)N2CCCNc3ccccc32)n[nH]1. The molecule has 19 heavy (non-hydrogen) atoms. The standard InChI is InChI=1S/C14H16N4O/c1-10-9-12(17-16-10)14(19)18-8-4-7-15-11-5-2-3-6-13(11)18/h2-3,5-6,9,15H,4,7-8H2,1H3,(H,16,17). The van der Waals surface area contributed by atoms with Gasteiger partial charge in [0.15, 0.2) is 5.69 Å². The molecule has 2 aromatic rings. The second kappa shape index (κ2) is 4.76. The number of hydrogen-bond donors (Lipinski definition) is 2. The molecule has 1 amide bonds. The van der Waals surface area contributed by atoms with E-state index in [1.54, 1.807) is 11.0 Å². The van der Waals surface area contributed by atoms with Crippen LogP contribution in [0.5, 0.6) is 0 Å². The number of carbonyl (C=O) groups excluding carboxylic acids is 1. The Morgan fingerprint density at radius 3 is 3.00 bits per heavy atom. The van der Waals surface area contributed by atoms with Gasteiger partial charge >= 0.3 is 0 Å². The Labute approximate surface area is 111 Å². The number of carbonyl (C=O) groups is 1. The van der Waals surface area contributed by atoms with E-state index in [0.29, 0.717) is 12.2 Å². The third kappa shape index (κ3) is 2.19. The Morgan fingerprint density at radius 1 is 1.37 bits per heavy atom. The monoisotopic (exact) mass is 256 g/mol. The van der Waals surface area contributed by atoms with Gasteiger partial charge in [0.1, 0.15) is 0 Å². The lowest BCUT2D eigenvalue weighted by molar-refractivity contribution is 0.0982. The van der Waals surface area contributed by atoms with Crippen LogP contribution in [0, 0.1) is 6.92 Å². The van der Waals surface area contributed by atoms with Gasteiger partial charge < -0.3 is 10.2 Å². The van der Waals surface area contributed by atoms with Gasteiger partial charge in [0, 0.05) is 18.8 Å². The van der Waals surface area contributed by atoms with Gasteiger partial charge in [-0.3, -0.25) is 9.89 Å². The Morgan fingerprint density at radius 2 is 2.21 bits per heavy atom. The van der Waals surface area contributed by atoms with Gasteiger partial charge in [-0.25, -0.2) is 0 Å². The molecule has 98 valence electrons. The second-order valence-corrected chi connectivity index (χ2v) is 4.69. The van der Waals surface area contributed by atoms with Crippen LogP contribution >= 0.6 is 0 Å². The van der Waals surface area contributed by atoms with Gasteiger partial charge in [-0.05, 0) is 31.5 Å². The lowest BCUT2D eigenvalue weighted by Gasteiger charge is -2.21. The van der Waals surface area contributed by atoms with Crippen molar-refractivity contribution in [1.82, 2.24) is 10.2 Å². The minimum atomic E-state index is -0.0551. The summed E-state index contributed by atoms with van der Waals surface area (Å²) in [7, 11) is 0. The number of aryl methyl sites for hydroxylation is 1. The zero-order chi connectivity index (χ0) is 13.2. The number of hydrogen-bond acceptors (Lipinski definition) is 3. The minimum absolute atomic E-state index is 0.0551. The zero-order valence-corrected chi connectivity index (χ0v) is 10.8. The van der Waals surface area contributed by atoms with E-state index in [9.17, 15) is 4.79 Å². The first-order valence-corrected chi connectivity index (χ1v) is 6.42. The Bertz CT molecular complexity index is 605. The predicted octanol–water partition coefficient (Wildman–Crippen LogP) is 2.18. The average Bonchev–Trinajstić information content (AvgIpc) is 2.74. The molecule has 1 aliphatic heterocycles. The number of aromatic nitrogens is 2. The molecule has 0 atom stereocenters. The quantitative estimate of drug-likeness (QED) is 0.822. The molecule has 2 N–H and O–H groups in total. The van der Waals surface area contributed by atoms with E-state index in [0.717, 1.165) is 30.0 Å². The summed E-state index contributed by atoms with van der Waals surface area (Å²) >= 11 is 0. The molecule has 3 rings (SSSR count). The van der Waals surface area contributed by atoms with E-state index in [4.69, 9.17) is 0 Å². The van der Waals surface area contributed by atoms with Crippen LogP contribution < -0.4 is 10.2 Å². The minimum Gasteiger partial charge on any atom is -0.383 e. The highest BCUT2D eigenvalue weighted by molar-refractivity contribution is 6.06. The highest BCUT2D eigenvalue weighted by Gasteiger charge is 2.23. The Kier molecular flexibility index (Phi) is 2.95. The van der Waals surface area contributed by atoms with E-state index >= 15 is 0 Å². The number of anilines is 2. The van der Waals surface area contributed by atoms with E-state index in [1.165, 1.54) is 0 Å². The van der Waals surface area contributed by atoms with Crippen LogP contribution in [0.25, 0.3) is 0 Å². The second-order valence-electron chi connectivity index (χ2n) is 4.69. The van der Waals surface area contributed by atoms with Crippen molar-refractivity contribution in [3.8, 4) is 0 Å². The van der Waals surface area contributed by atoms with Crippen LogP contribution in [0.1, 0.15) is 22.6 Å². The first-order chi connectivity index (χ1) is 9.25. The summed E-state index contributed by atoms with van der Waals surface area (Å²) in [6.07, 6.45) is 0.920. The van der Waals surface area contributed by atoms with Gasteiger partial charge in [-0.2, -0.15) is 5.10 Å². The summed E-state index contributed by atoms with van der Waals surface area (Å²) in [6.45, 7) is 3.47. The summed E-state index contributed by atoms with van der Waals surface area (Å²) in [6, 6.07) is 9.66. The molecule has 1 aromatic carbocycles. The highest BCUT2D eigenvalue weighted by atomic mass is 16.2. The summed E-state index contributed by atoms with van der Waals surface area (Å²) < 4.78 is 0. The number of nitrogens with one attached hydrogen (secondary N) is 2. The highest BCUT2D eigenvalue weighted by Crippen LogP contribution is 2.28. The summed E-state index contributed by atoms with van der Waals surface area (Å²) in [4.78, 5) is 14.3. The largest absolute Gasteiger partial charge is 0.383 e. The number of benzene rings is 1. The molecule has 5 nitrogen and oxygen atoms in total. The maximum atomic E-state index is 12.5. The van der Waals surface area contributed by atoms with Gasteiger partial charge in [0.25, 0.3) is 5.91 Å². The fourth-order valence-electron chi connectivity index (χ4n) is 2.32. The number of rotatable bonds is 1. The molecule has 1 aromatic heterocycles. The lowest BCUT2D eigenvalue weighted by Crippen LogP contribution is -2.31. The van der Waals surface area contributed by atoms with Crippen molar-refractivity contribution in [2.75, 3.05) is 23.3 Å². The first kappa shape index (κ1) is 11.8. The summed E-state index contributed by atoms with van der Waals surface area (Å²) in [5, 5.41) is 10.2. The number of H-pyrrole nitrogens is 1. The van der Waals surface area contributed by atoms with Crippen LogP contribution in [0.2, 0.25) is 0 Å². The fraction of sp³-hybridized carbons (Fsp3) is 0.286. The molecule has 0 saturated carbocycles. The molecule has 0 bridgehead atoms. The van der Waals surface area contributed by atoms with Crippen LogP contribution in [0.3, 0.4) is 0 Å². The van der Waals surface area contributed by atoms with Crippen LogP contribution in [0.15, 0.2) is 30.3 Å². The van der Waals surface area contributed by atoms with Crippen molar-refractivity contribution in [2.45, 2.75) is 13.3 Å². The van der Waals surface area contributed by atoms with Gasteiger partial charge in [0.2, 0.25) is 0 Å². The summed E-state index contributed by atoms with van der Waals surface area (Å²) in [5.74, 6) is -0.0551. The third-order valence-corrected chi connectivity index (χ3v) is 3.24. The number of nitrogens with zero attached hydrogens (tertiary/aromatic N) is 2. The van der Waals surface area contributed by atoms with E-state index in [-0.39, 0.29) is 5.91 Å². The van der Waals surface area contributed by atoms with Crippen molar-refractivity contribution in [3.05, 3.63) is 41.7 Å². The van der Waals surface area contributed by atoms with Gasteiger partial charge in [-0.1, -0.05) is 12.1 Å². The molecular formula is C14H16N4O. The van der Waals surface area contributed by atoms with Crippen molar-refractivity contribution < 1.29 is 4.79 Å². The number of amides is 1. The van der Waals surface area contributed by atoms with Gasteiger partial charge in [0.05, 0.1) is 11.4 Å². The van der Waals surface area contributed by atoms with Crippen molar-refractivity contribution in [1.29, 1.82) is 0 Å².